The van der Waals surface area contributed by atoms with Crippen molar-refractivity contribution < 1.29 is 19.0 Å². The van der Waals surface area contributed by atoms with Gasteiger partial charge >= 0.3 is 0 Å². The van der Waals surface area contributed by atoms with Crippen molar-refractivity contribution in [2.24, 2.45) is 0 Å². The molecule has 0 aliphatic carbocycles. The third-order valence-corrected chi connectivity index (χ3v) is 3.96. The molecule has 2 aromatic rings. The van der Waals surface area contributed by atoms with Crippen LogP contribution in [0.15, 0.2) is 36.4 Å². The molecule has 0 saturated heterocycles. The Hall–Kier alpha value is -2.37. The highest BCUT2D eigenvalue weighted by Crippen LogP contribution is 2.34. The minimum Gasteiger partial charge on any atom is -0.495 e. The number of rotatable bonds is 4. The van der Waals surface area contributed by atoms with Gasteiger partial charge in [0.1, 0.15) is 19.0 Å². The van der Waals surface area contributed by atoms with Gasteiger partial charge in [-0.15, -0.1) is 0 Å². The number of benzene rings is 2. The second kappa shape index (κ2) is 7.68. The summed E-state index contributed by atoms with van der Waals surface area (Å²) >= 11 is 12.1. The number of ether oxygens (including phenoxy) is 3. The molecule has 0 bridgehead atoms. The van der Waals surface area contributed by atoms with Crippen LogP contribution in [0.4, 0.5) is 5.69 Å². The number of halogens is 2. The van der Waals surface area contributed by atoms with Crippen LogP contribution in [-0.2, 0) is 4.79 Å². The van der Waals surface area contributed by atoms with Crippen molar-refractivity contribution in [3.05, 3.63) is 52.0 Å². The Morgan fingerprint density at radius 2 is 1.92 bits per heavy atom. The zero-order valence-electron chi connectivity index (χ0n) is 13.3. The van der Waals surface area contributed by atoms with E-state index >= 15 is 0 Å². The first-order chi connectivity index (χ1) is 12.1. The molecule has 3 rings (SSSR count). The number of carbonyl (C=O) groups excluding carboxylic acids is 1. The normalized spacial score (nSPS) is 12.9. The Kier molecular flexibility index (Phi) is 5.36. The van der Waals surface area contributed by atoms with Crippen LogP contribution in [-0.4, -0.2) is 26.2 Å². The lowest BCUT2D eigenvalue weighted by molar-refractivity contribution is -0.111. The van der Waals surface area contributed by atoms with Gasteiger partial charge in [-0.3, -0.25) is 4.79 Å². The molecule has 25 heavy (non-hydrogen) atoms. The summed E-state index contributed by atoms with van der Waals surface area (Å²) in [4.78, 5) is 12.1. The van der Waals surface area contributed by atoms with Gasteiger partial charge in [-0.05, 0) is 30.3 Å². The summed E-state index contributed by atoms with van der Waals surface area (Å²) in [6, 6.07) is 8.47. The predicted molar refractivity (Wildman–Crippen MR) is 98.1 cm³/mol. The molecule has 1 heterocycles. The smallest absolute Gasteiger partial charge is 0.248 e. The van der Waals surface area contributed by atoms with Crippen LogP contribution >= 0.6 is 23.2 Å². The highest BCUT2D eigenvalue weighted by Gasteiger charge is 2.12. The molecular formula is C18H15Cl2NO4. The Bertz CT molecular complexity index is 836. The molecule has 0 atom stereocenters. The van der Waals surface area contributed by atoms with Crippen molar-refractivity contribution in [1.82, 2.24) is 0 Å². The summed E-state index contributed by atoms with van der Waals surface area (Å²) in [6.45, 7) is 1.01. The number of methoxy groups -OCH3 is 1. The van der Waals surface area contributed by atoms with Gasteiger partial charge in [0.15, 0.2) is 11.5 Å². The minimum atomic E-state index is -0.310. The third kappa shape index (κ3) is 4.18. The first-order valence-electron chi connectivity index (χ1n) is 7.48. The number of hydrogen-bond acceptors (Lipinski definition) is 4. The first kappa shape index (κ1) is 17.5. The molecule has 0 unspecified atom stereocenters. The van der Waals surface area contributed by atoms with E-state index in [-0.39, 0.29) is 5.91 Å². The molecular weight excluding hydrogens is 365 g/mol. The minimum absolute atomic E-state index is 0.310. The molecule has 1 aliphatic rings. The third-order valence-electron chi connectivity index (χ3n) is 3.47. The van der Waals surface area contributed by atoms with Gasteiger partial charge in [-0.1, -0.05) is 23.2 Å². The SMILES string of the molecule is COc1c(Cl)cc(Cl)cc1C=CC(=O)Nc1ccc2c(c1)OCCO2. The molecule has 0 radical (unpaired) electrons. The quantitative estimate of drug-likeness (QED) is 0.798. The van der Waals surface area contributed by atoms with Gasteiger partial charge in [0.05, 0.1) is 12.1 Å². The van der Waals surface area contributed by atoms with Gasteiger partial charge < -0.3 is 19.5 Å². The van der Waals surface area contributed by atoms with Crippen molar-refractivity contribution >= 4 is 40.9 Å². The Labute approximate surface area is 155 Å². The summed E-state index contributed by atoms with van der Waals surface area (Å²) in [6.07, 6.45) is 2.96. The molecule has 2 aromatic carbocycles. The molecule has 0 saturated carbocycles. The van der Waals surface area contributed by atoms with Crippen LogP contribution in [0.25, 0.3) is 6.08 Å². The van der Waals surface area contributed by atoms with Crippen LogP contribution in [0, 0.1) is 0 Å². The summed E-state index contributed by atoms with van der Waals surface area (Å²) in [7, 11) is 1.50. The maximum atomic E-state index is 12.1. The van der Waals surface area contributed by atoms with Crippen LogP contribution in [0.5, 0.6) is 17.2 Å². The van der Waals surface area contributed by atoms with Crippen molar-refractivity contribution in [3.63, 3.8) is 0 Å². The van der Waals surface area contributed by atoms with E-state index in [2.05, 4.69) is 5.32 Å². The molecule has 0 fully saturated rings. The lowest BCUT2D eigenvalue weighted by Crippen LogP contribution is -2.16. The van der Waals surface area contributed by atoms with Gasteiger partial charge in [0, 0.05) is 28.4 Å². The molecule has 5 nitrogen and oxygen atoms in total. The lowest BCUT2D eigenvalue weighted by Gasteiger charge is -2.18. The largest absolute Gasteiger partial charge is 0.495 e. The maximum Gasteiger partial charge on any atom is 0.248 e. The molecule has 0 aromatic heterocycles. The van der Waals surface area contributed by atoms with E-state index in [9.17, 15) is 4.79 Å². The van der Waals surface area contributed by atoms with Crippen LogP contribution in [0.1, 0.15) is 5.56 Å². The van der Waals surface area contributed by atoms with Crippen molar-refractivity contribution in [1.29, 1.82) is 0 Å². The van der Waals surface area contributed by atoms with E-state index < -0.39 is 0 Å². The zero-order chi connectivity index (χ0) is 17.8. The van der Waals surface area contributed by atoms with Gasteiger partial charge in [0.2, 0.25) is 5.91 Å². The number of fused-ring (bicyclic) bond motifs is 1. The lowest BCUT2D eigenvalue weighted by atomic mass is 10.2. The van der Waals surface area contributed by atoms with Gasteiger partial charge in [0.25, 0.3) is 0 Å². The highest BCUT2D eigenvalue weighted by molar-refractivity contribution is 6.36. The van der Waals surface area contributed by atoms with Gasteiger partial charge in [-0.2, -0.15) is 0 Å². The number of hydrogen-bond donors (Lipinski definition) is 1. The summed E-state index contributed by atoms with van der Waals surface area (Å²) in [5.74, 6) is 1.42. The molecule has 7 heteroatoms. The zero-order valence-corrected chi connectivity index (χ0v) is 14.9. The van der Waals surface area contributed by atoms with E-state index in [1.54, 1.807) is 36.4 Å². The van der Waals surface area contributed by atoms with E-state index in [1.165, 1.54) is 13.2 Å². The fourth-order valence-corrected chi connectivity index (χ4v) is 2.98. The van der Waals surface area contributed by atoms with Crippen molar-refractivity contribution in [2.45, 2.75) is 0 Å². The number of amides is 1. The van der Waals surface area contributed by atoms with E-state index in [4.69, 9.17) is 37.4 Å². The molecule has 130 valence electrons. The Morgan fingerprint density at radius 1 is 1.16 bits per heavy atom. The highest BCUT2D eigenvalue weighted by atomic mass is 35.5. The second-order valence-electron chi connectivity index (χ2n) is 5.19. The molecule has 1 amide bonds. The molecule has 0 spiro atoms. The van der Waals surface area contributed by atoms with Crippen LogP contribution in [0.2, 0.25) is 10.0 Å². The monoisotopic (exact) mass is 379 g/mol. The first-order valence-corrected chi connectivity index (χ1v) is 8.24. The maximum absolute atomic E-state index is 12.1. The molecule has 1 aliphatic heterocycles. The summed E-state index contributed by atoms with van der Waals surface area (Å²) < 4.78 is 16.2. The topological polar surface area (TPSA) is 56.8 Å². The van der Waals surface area contributed by atoms with E-state index in [1.807, 2.05) is 0 Å². The summed E-state index contributed by atoms with van der Waals surface area (Å²) in [5, 5.41) is 3.59. The van der Waals surface area contributed by atoms with Crippen LogP contribution in [0.3, 0.4) is 0 Å². The number of nitrogens with one attached hydrogen (secondary N) is 1. The van der Waals surface area contributed by atoms with Gasteiger partial charge in [-0.25, -0.2) is 0 Å². The Balaban J connectivity index is 1.74. The van der Waals surface area contributed by atoms with E-state index in [0.29, 0.717) is 51.8 Å². The standard InChI is InChI=1S/C18H15Cl2NO4/c1-23-18-11(8-12(19)9-14(18)20)2-5-17(22)21-13-3-4-15-16(10-13)25-7-6-24-15/h2-5,8-10H,6-7H2,1H3,(H,21,22). The van der Waals surface area contributed by atoms with E-state index in [0.717, 1.165) is 0 Å². The van der Waals surface area contributed by atoms with Crippen molar-refractivity contribution in [2.75, 3.05) is 25.6 Å². The number of anilines is 1. The molecule has 1 N–H and O–H groups in total. The fraction of sp³-hybridized carbons (Fsp3) is 0.167. The average Bonchev–Trinajstić information content (AvgIpc) is 2.59. The second-order valence-corrected chi connectivity index (χ2v) is 6.03. The fourth-order valence-electron chi connectivity index (χ4n) is 2.39. The Morgan fingerprint density at radius 3 is 2.68 bits per heavy atom. The van der Waals surface area contributed by atoms with Crippen LogP contribution < -0.4 is 19.5 Å². The number of carbonyl (C=O) groups is 1. The summed E-state index contributed by atoms with van der Waals surface area (Å²) in [5.41, 5.74) is 1.22. The van der Waals surface area contributed by atoms with Crippen molar-refractivity contribution in [3.8, 4) is 17.2 Å². The predicted octanol–water partition coefficient (Wildman–Crippen LogP) is 4.43. The average molecular weight is 380 g/mol.